The highest BCUT2D eigenvalue weighted by Crippen LogP contribution is 2.28. The van der Waals surface area contributed by atoms with Gasteiger partial charge in [-0.1, -0.05) is 68.8 Å². The lowest BCUT2D eigenvalue weighted by molar-refractivity contribution is -0.155. The number of rotatable bonds is 7. The van der Waals surface area contributed by atoms with E-state index in [9.17, 15) is 9.59 Å². The van der Waals surface area contributed by atoms with Crippen molar-refractivity contribution in [1.29, 1.82) is 0 Å². The van der Waals surface area contributed by atoms with E-state index in [-0.39, 0.29) is 23.7 Å². The Labute approximate surface area is 149 Å². The second-order valence-electron chi connectivity index (χ2n) is 6.21. The summed E-state index contributed by atoms with van der Waals surface area (Å²) >= 11 is 0. The molecule has 0 aliphatic carbocycles. The van der Waals surface area contributed by atoms with Crippen LogP contribution in [-0.2, 0) is 14.3 Å². The SMILES string of the molecule is CC[C@H](C)[C@@H](C(=O)O[C@@H](C)C(=O)Nc1ccccc1)c1ccccc1. The third kappa shape index (κ3) is 5.18. The van der Waals surface area contributed by atoms with Crippen LogP contribution in [0.4, 0.5) is 5.69 Å². The molecule has 0 saturated carbocycles. The molecule has 2 aromatic rings. The van der Waals surface area contributed by atoms with E-state index >= 15 is 0 Å². The van der Waals surface area contributed by atoms with Crippen LogP contribution in [0, 0.1) is 5.92 Å². The van der Waals surface area contributed by atoms with E-state index in [2.05, 4.69) is 5.32 Å². The molecule has 1 amide bonds. The molecule has 1 N–H and O–H groups in total. The molecule has 0 fully saturated rings. The van der Waals surface area contributed by atoms with Crippen molar-refractivity contribution >= 4 is 17.6 Å². The van der Waals surface area contributed by atoms with E-state index in [0.29, 0.717) is 5.69 Å². The van der Waals surface area contributed by atoms with Gasteiger partial charge in [-0.3, -0.25) is 9.59 Å². The van der Waals surface area contributed by atoms with Crippen molar-refractivity contribution in [3.05, 3.63) is 66.2 Å². The summed E-state index contributed by atoms with van der Waals surface area (Å²) in [6.45, 7) is 5.65. The van der Waals surface area contributed by atoms with Crippen molar-refractivity contribution < 1.29 is 14.3 Å². The molecule has 2 aromatic carbocycles. The molecule has 4 heteroatoms. The zero-order valence-electron chi connectivity index (χ0n) is 14.9. The second kappa shape index (κ2) is 9.02. The molecule has 0 radical (unpaired) electrons. The van der Waals surface area contributed by atoms with E-state index in [1.807, 2.05) is 62.4 Å². The number of carbonyl (C=O) groups is 2. The summed E-state index contributed by atoms with van der Waals surface area (Å²) in [6, 6.07) is 18.7. The molecular weight excluding hydrogens is 314 g/mol. The normalized spacial score (nSPS) is 14.2. The number of ether oxygens (including phenoxy) is 1. The molecule has 3 atom stereocenters. The van der Waals surface area contributed by atoms with Gasteiger partial charge in [0, 0.05) is 5.69 Å². The second-order valence-corrected chi connectivity index (χ2v) is 6.21. The maximum Gasteiger partial charge on any atom is 0.314 e. The van der Waals surface area contributed by atoms with Crippen LogP contribution in [0.1, 0.15) is 38.7 Å². The van der Waals surface area contributed by atoms with E-state index in [1.54, 1.807) is 19.1 Å². The predicted octanol–water partition coefficient (Wildman–Crippen LogP) is 4.39. The fraction of sp³-hybridized carbons (Fsp3) is 0.333. The van der Waals surface area contributed by atoms with Gasteiger partial charge in [-0.15, -0.1) is 0 Å². The third-order valence-corrected chi connectivity index (χ3v) is 4.33. The number of hydrogen-bond acceptors (Lipinski definition) is 3. The number of carbonyl (C=O) groups excluding carboxylic acids is 2. The summed E-state index contributed by atoms with van der Waals surface area (Å²) < 4.78 is 5.47. The van der Waals surface area contributed by atoms with E-state index in [0.717, 1.165) is 12.0 Å². The van der Waals surface area contributed by atoms with E-state index in [1.165, 1.54) is 0 Å². The number of anilines is 1. The van der Waals surface area contributed by atoms with Crippen LogP contribution in [0.5, 0.6) is 0 Å². The molecule has 132 valence electrons. The molecule has 0 aromatic heterocycles. The van der Waals surface area contributed by atoms with Gasteiger partial charge in [0.15, 0.2) is 6.10 Å². The summed E-state index contributed by atoms with van der Waals surface area (Å²) in [5.74, 6) is -0.954. The van der Waals surface area contributed by atoms with Crippen LogP contribution in [0.25, 0.3) is 0 Å². The molecule has 25 heavy (non-hydrogen) atoms. The van der Waals surface area contributed by atoms with Crippen molar-refractivity contribution in [2.45, 2.75) is 39.2 Å². The number of amides is 1. The van der Waals surface area contributed by atoms with E-state index < -0.39 is 6.10 Å². The van der Waals surface area contributed by atoms with Crippen molar-refractivity contribution in [1.82, 2.24) is 0 Å². The summed E-state index contributed by atoms with van der Waals surface area (Å²) in [5.41, 5.74) is 1.59. The first-order valence-electron chi connectivity index (χ1n) is 8.64. The maximum atomic E-state index is 12.7. The Morgan fingerprint density at radius 1 is 0.960 bits per heavy atom. The lowest BCUT2D eigenvalue weighted by Crippen LogP contribution is -2.33. The minimum atomic E-state index is -0.858. The number of esters is 1. The highest BCUT2D eigenvalue weighted by Gasteiger charge is 2.30. The van der Waals surface area contributed by atoms with Gasteiger partial charge in [0.1, 0.15) is 0 Å². The van der Waals surface area contributed by atoms with Crippen LogP contribution in [-0.4, -0.2) is 18.0 Å². The van der Waals surface area contributed by atoms with Gasteiger partial charge in [-0.2, -0.15) is 0 Å². The van der Waals surface area contributed by atoms with Gasteiger partial charge >= 0.3 is 5.97 Å². The fourth-order valence-electron chi connectivity index (χ4n) is 2.66. The quantitative estimate of drug-likeness (QED) is 0.761. The van der Waals surface area contributed by atoms with Crippen molar-refractivity contribution in [3.63, 3.8) is 0 Å². The average Bonchev–Trinajstić information content (AvgIpc) is 2.63. The third-order valence-electron chi connectivity index (χ3n) is 4.33. The van der Waals surface area contributed by atoms with Crippen LogP contribution in [0.15, 0.2) is 60.7 Å². The predicted molar refractivity (Wildman–Crippen MR) is 99.3 cm³/mol. The first-order valence-corrected chi connectivity index (χ1v) is 8.64. The van der Waals surface area contributed by atoms with Crippen LogP contribution < -0.4 is 5.32 Å². The number of benzene rings is 2. The van der Waals surface area contributed by atoms with Gasteiger partial charge in [0.05, 0.1) is 5.92 Å². The van der Waals surface area contributed by atoms with Gasteiger partial charge in [0.25, 0.3) is 5.91 Å². The van der Waals surface area contributed by atoms with Gasteiger partial charge in [0.2, 0.25) is 0 Å². The Balaban J connectivity index is 2.05. The topological polar surface area (TPSA) is 55.4 Å². The Hall–Kier alpha value is -2.62. The molecule has 0 aliphatic rings. The van der Waals surface area contributed by atoms with Crippen molar-refractivity contribution in [2.75, 3.05) is 5.32 Å². The summed E-state index contributed by atoms with van der Waals surface area (Å²) in [6.07, 6.45) is -0.0119. The van der Waals surface area contributed by atoms with E-state index in [4.69, 9.17) is 4.74 Å². The highest BCUT2D eigenvalue weighted by molar-refractivity contribution is 5.95. The number of nitrogens with one attached hydrogen (secondary N) is 1. The minimum absolute atomic E-state index is 0.124. The smallest absolute Gasteiger partial charge is 0.314 e. The molecule has 4 nitrogen and oxygen atoms in total. The Bertz CT molecular complexity index is 685. The van der Waals surface area contributed by atoms with Gasteiger partial charge in [-0.05, 0) is 30.5 Å². The fourth-order valence-corrected chi connectivity index (χ4v) is 2.66. The van der Waals surface area contributed by atoms with Crippen molar-refractivity contribution in [3.8, 4) is 0 Å². The largest absolute Gasteiger partial charge is 0.452 e. The first kappa shape index (κ1) is 18.7. The molecule has 0 spiro atoms. The number of para-hydroxylation sites is 1. The zero-order chi connectivity index (χ0) is 18.2. The lowest BCUT2D eigenvalue weighted by atomic mass is 9.85. The lowest BCUT2D eigenvalue weighted by Gasteiger charge is -2.23. The molecular formula is C21H25NO3. The average molecular weight is 339 g/mol. The molecule has 0 unspecified atom stereocenters. The Kier molecular flexibility index (Phi) is 6.75. The number of hydrogen-bond donors (Lipinski definition) is 1. The maximum absolute atomic E-state index is 12.7. The zero-order valence-corrected chi connectivity index (χ0v) is 14.9. The summed E-state index contributed by atoms with van der Waals surface area (Å²) in [7, 11) is 0. The van der Waals surface area contributed by atoms with Crippen LogP contribution in [0.2, 0.25) is 0 Å². The Morgan fingerprint density at radius 2 is 1.52 bits per heavy atom. The Morgan fingerprint density at radius 3 is 2.08 bits per heavy atom. The molecule has 2 rings (SSSR count). The standard InChI is InChI=1S/C21H25NO3/c1-4-15(2)19(17-11-7-5-8-12-17)21(24)25-16(3)20(23)22-18-13-9-6-10-14-18/h5-16,19H,4H2,1-3H3,(H,22,23)/t15-,16-,19+/m0/s1. The molecule has 0 aliphatic heterocycles. The minimum Gasteiger partial charge on any atom is -0.452 e. The van der Waals surface area contributed by atoms with Gasteiger partial charge < -0.3 is 10.1 Å². The van der Waals surface area contributed by atoms with Gasteiger partial charge in [-0.25, -0.2) is 0 Å². The summed E-state index contributed by atoms with van der Waals surface area (Å²) in [4.78, 5) is 25.0. The molecule has 0 saturated heterocycles. The summed E-state index contributed by atoms with van der Waals surface area (Å²) in [5, 5.41) is 2.75. The van der Waals surface area contributed by atoms with Crippen molar-refractivity contribution in [2.24, 2.45) is 5.92 Å². The molecule has 0 bridgehead atoms. The van der Waals surface area contributed by atoms with Crippen LogP contribution >= 0.6 is 0 Å². The highest BCUT2D eigenvalue weighted by atomic mass is 16.5. The van der Waals surface area contributed by atoms with Crippen LogP contribution in [0.3, 0.4) is 0 Å². The molecule has 0 heterocycles. The monoisotopic (exact) mass is 339 g/mol. The first-order chi connectivity index (χ1) is 12.0.